The van der Waals surface area contributed by atoms with Gasteiger partial charge in [0, 0.05) is 13.7 Å². The highest BCUT2D eigenvalue weighted by Gasteiger charge is 2.10. The maximum absolute atomic E-state index is 13.1. The Labute approximate surface area is 95.0 Å². The predicted octanol–water partition coefficient (Wildman–Crippen LogP) is 4.41. The van der Waals surface area contributed by atoms with Crippen molar-refractivity contribution in [2.75, 3.05) is 0 Å². The molecule has 2 aromatic rings. The average molecular weight is 357 g/mol. The van der Waals surface area contributed by atoms with E-state index in [2.05, 4.69) is 38.5 Å². The second kappa shape index (κ2) is 3.23. The van der Waals surface area contributed by atoms with Gasteiger partial charge in [-0.05, 0) is 50.7 Å². The summed E-state index contributed by atoms with van der Waals surface area (Å²) in [4.78, 5) is 0. The van der Waals surface area contributed by atoms with Crippen LogP contribution < -0.4 is 0 Å². The van der Waals surface area contributed by atoms with Crippen LogP contribution in [0.2, 0.25) is 0 Å². The molecule has 1 aromatic heterocycles. The summed E-state index contributed by atoms with van der Waals surface area (Å²) in [6.07, 6.45) is 0. The first-order valence-corrected chi connectivity index (χ1v) is 5.91. The van der Waals surface area contributed by atoms with Gasteiger partial charge in [0.2, 0.25) is 0 Å². The highest BCUT2D eigenvalue weighted by Crippen LogP contribution is 2.36. The molecule has 0 nitrogen and oxygen atoms in total. The van der Waals surface area contributed by atoms with Crippen LogP contribution in [0, 0.1) is 8.70 Å². The summed E-state index contributed by atoms with van der Waals surface area (Å²) in [7, 11) is 0. The molecule has 0 saturated heterocycles. The molecule has 0 aliphatic rings. The molecule has 0 amide bonds. The van der Waals surface area contributed by atoms with Crippen molar-refractivity contribution in [2.45, 2.75) is 0 Å². The molecule has 62 valence electrons. The molecule has 0 atom stereocenters. The first kappa shape index (κ1) is 8.90. The fourth-order valence-corrected chi connectivity index (χ4v) is 4.01. The summed E-state index contributed by atoms with van der Waals surface area (Å²) < 4.78 is 15.7. The van der Waals surface area contributed by atoms with Gasteiger partial charge in [-0.25, -0.2) is 0 Å². The molecule has 0 spiro atoms. The fourth-order valence-electron chi connectivity index (χ4n) is 1.04. The van der Waals surface area contributed by atoms with E-state index in [1.807, 2.05) is 18.2 Å². The highest BCUT2D eigenvalue weighted by atomic mass is 127. The van der Waals surface area contributed by atoms with Crippen molar-refractivity contribution in [1.82, 2.24) is 0 Å². The van der Waals surface area contributed by atoms with Gasteiger partial charge in [0.25, 0.3) is 0 Å². The largest absolute Gasteiger partial charge is 0.194 e. The zero-order chi connectivity index (χ0) is 8.72. The van der Waals surface area contributed by atoms with Gasteiger partial charge in [0.1, 0.15) is 0 Å². The minimum atomic E-state index is -0.144. The Kier molecular flexibility index (Phi) is 2.39. The topological polar surface area (TPSA) is 0 Å². The van der Waals surface area contributed by atoms with E-state index in [-0.39, 0.29) is 5.13 Å². The van der Waals surface area contributed by atoms with Gasteiger partial charge in [0.05, 0.1) is 4.47 Å². The van der Waals surface area contributed by atoms with E-state index in [1.165, 1.54) is 11.3 Å². The summed E-state index contributed by atoms with van der Waals surface area (Å²) in [5.41, 5.74) is 0. The lowest BCUT2D eigenvalue weighted by molar-refractivity contribution is 0.652. The van der Waals surface area contributed by atoms with E-state index < -0.39 is 0 Å². The minimum absolute atomic E-state index is 0.144. The van der Waals surface area contributed by atoms with Crippen LogP contribution >= 0.6 is 49.9 Å². The Morgan fingerprint density at radius 1 is 1.42 bits per heavy atom. The highest BCUT2D eigenvalue weighted by molar-refractivity contribution is 14.1. The van der Waals surface area contributed by atoms with Gasteiger partial charge in [-0.3, -0.25) is 0 Å². The molecule has 0 fully saturated rings. The summed E-state index contributed by atoms with van der Waals surface area (Å²) in [5.74, 6) is 0. The van der Waals surface area contributed by atoms with Crippen LogP contribution in [-0.2, 0) is 0 Å². The van der Waals surface area contributed by atoms with Gasteiger partial charge in [-0.2, -0.15) is 4.39 Å². The lowest BCUT2D eigenvalue weighted by atomic mass is 10.3. The monoisotopic (exact) mass is 356 g/mol. The predicted molar refractivity (Wildman–Crippen MR) is 62.2 cm³/mol. The van der Waals surface area contributed by atoms with Crippen LogP contribution in [0.3, 0.4) is 0 Å². The van der Waals surface area contributed by atoms with Gasteiger partial charge in [-0.1, -0.05) is 6.07 Å². The first-order valence-electron chi connectivity index (χ1n) is 3.22. The van der Waals surface area contributed by atoms with Gasteiger partial charge >= 0.3 is 0 Å². The molecule has 2 rings (SSSR count). The van der Waals surface area contributed by atoms with E-state index >= 15 is 0 Å². The standard InChI is InChI=1S/C8H3BrFIS/c9-7-6-4(11)2-1-3-5(6)12-8(7)10/h1-3H. The molecule has 0 aliphatic heterocycles. The van der Waals surface area contributed by atoms with Crippen LogP contribution in [0.15, 0.2) is 22.7 Å². The lowest BCUT2D eigenvalue weighted by Crippen LogP contribution is -1.71. The van der Waals surface area contributed by atoms with Crippen LogP contribution in [0.1, 0.15) is 0 Å². The van der Waals surface area contributed by atoms with E-state index in [0.717, 1.165) is 13.7 Å². The molecular formula is C8H3BrFIS. The van der Waals surface area contributed by atoms with Crippen molar-refractivity contribution in [3.05, 3.63) is 31.4 Å². The van der Waals surface area contributed by atoms with E-state index in [0.29, 0.717) is 4.47 Å². The van der Waals surface area contributed by atoms with Crippen LogP contribution in [0.5, 0.6) is 0 Å². The molecular weight excluding hydrogens is 354 g/mol. The Balaban J connectivity index is 2.97. The van der Waals surface area contributed by atoms with Crippen molar-refractivity contribution in [1.29, 1.82) is 0 Å². The maximum Gasteiger partial charge on any atom is 0.191 e. The molecule has 0 saturated carbocycles. The third-order valence-electron chi connectivity index (χ3n) is 1.57. The van der Waals surface area contributed by atoms with Gasteiger partial charge in [-0.15, -0.1) is 11.3 Å². The van der Waals surface area contributed by atoms with Crippen molar-refractivity contribution in [2.24, 2.45) is 0 Å². The molecule has 0 bridgehead atoms. The second-order valence-corrected chi connectivity index (χ2v) is 5.26. The van der Waals surface area contributed by atoms with Gasteiger partial charge in [0.15, 0.2) is 5.13 Å². The smallest absolute Gasteiger partial charge is 0.191 e. The summed E-state index contributed by atoms with van der Waals surface area (Å²) in [5, 5.41) is 0.842. The number of hydrogen-bond donors (Lipinski definition) is 0. The number of halogens is 3. The normalized spacial score (nSPS) is 10.9. The summed E-state index contributed by atoms with van der Waals surface area (Å²) in [6, 6.07) is 5.84. The third kappa shape index (κ3) is 1.29. The molecule has 0 radical (unpaired) electrons. The number of fused-ring (bicyclic) bond motifs is 1. The Hall–Kier alpha value is 0.320. The Bertz CT molecular complexity index is 438. The molecule has 1 aromatic carbocycles. The minimum Gasteiger partial charge on any atom is -0.194 e. The Morgan fingerprint density at radius 2 is 2.17 bits per heavy atom. The van der Waals surface area contributed by atoms with Crippen molar-refractivity contribution in [3.8, 4) is 0 Å². The second-order valence-electron chi connectivity index (χ2n) is 2.30. The maximum atomic E-state index is 13.1. The van der Waals surface area contributed by atoms with Gasteiger partial charge < -0.3 is 0 Å². The molecule has 0 unspecified atom stereocenters. The number of rotatable bonds is 0. The number of hydrogen-bond acceptors (Lipinski definition) is 1. The average Bonchev–Trinajstić information content (AvgIpc) is 2.29. The lowest BCUT2D eigenvalue weighted by Gasteiger charge is -1.92. The quantitative estimate of drug-likeness (QED) is 0.613. The van der Waals surface area contributed by atoms with E-state index in [9.17, 15) is 4.39 Å². The Morgan fingerprint density at radius 3 is 2.83 bits per heavy atom. The van der Waals surface area contributed by atoms with Crippen LogP contribution in [0.25, 0.3) is 10.1 Å². The first-order chi connectivity index (χ1) is 5.70. The number of thiophene rings is 1. The van der Waals surface area contributed by atoms with E-state index in [1.54, 1.807) is 0 Å². The van der Waals surface area contributed by atoms with Crippen LogP contribution in [0.4, 0.5) is 4.39 Å². The van der Waals surface area contributed by atoms with Crippen LogP contribution in [-0.4, -0.2) is 0 Å². The SMILES string of the molecule is Fc1sc2cccc(I)c2c1Br. The fraction of sp³-hybridized carbons (Fsp3) is 0. The summed E-state index contributed by atoms with van der Waals surface area (Å²) in [6.45, 7) is 0. The van der Waals surface area contributed by atoms with Crippen molar-refractivity contribution < 1.29 is 4.39 Å². The number of benzene rings is 1. The molecule has 0 N–H and O–H groups in total. The van der Waals surface area contributed by atoms with E-state index in [4.69, 9.17) is 0 Å². The molecule has 4 heteroatoms. The zero-order valence-corrected chi connectivity index (χ0v) is 10.3. The van der Waals surface area contributed by atoms with Crippen molar-refractivity contribution in [3.63, 3.8) is 0 Å². The zero-order valence-electron chi connectivity index (χ0n) is 5.77. The molecule has 12 heavy (non-hydrogen) atoms. The molecule has 1 heterocycles. The third-order valence-corrected chi connectivity index (χ3v) is 4.42. The molecule has 0 aliphatic carbocycles. The van der Waals surface area contributed by atoms with Crippen molar-refractivity contribution >= 4 is 59.9 Å². The summed E-state index contributed by atoms with van der Waals surface area (Å²) >= 11 is 6.61.